The summed E-state index contributed by atoms with van der Waals surface area (Å²) in [5.74, 6) is -8.35. The van der Waals surface area contributed by atoms with E-state index >= 15 is 0 Å². The van der Waals surface area contributed by atoms with Crippen LogP contribution in [-0.4, -0.2) is 31.8 Å². The molecule has 4 nitrogen and oxygen atoms in total. The highest BCUT2D eigenvalue weighted by Crippen LogP contribution is 2.47. The van der Waals surface area contributed by atoms with Crippen molar-refractivity contribution >= 4 is 5.97 Å². The van der Waals surface area contributed by atoms with E-state index in [0.717, 1.165) is 11.6 Å². The lowest BCUT2D eigenvalue weighted by Crippen LogP contribution is -2.43. The Labute approximate surface area is 241 Å². The van der Waals surface area contributed by atoms with Crippen LogP contribution >= 0.6 is 0 Å². The Kier molecular flexibility index (Phi) is 10.2. The number of carbonyl (C=O) groups excluding carboxylic acids is 1. The van der Waals surface area contributed by atoms with E-state index in [-0.39, 0.29) is 24.2 Å². The normalized spacial score (nSPS) is 13.0. The summed E-state index contributed by atoms with van der Waals surface area (Å²) in [6, 6.07) is 14.7. The van der Waals surface area contributed by atoms with Crippen molar-refractivity contribution in [2.75, 3.05) is 13.7 Å². The molecule has 0 N–H and O–H groups in total. The van der Waals surface area contributed by atoms with Crippen LogP contribution in [0.3, 0.4) is 0 Å². The highest BCUT2D eigenvalue weighted by atomic mass is 19.4. The van der Waals surface area contributed by atoms with Gasteiger partial charge in [0.1, 0.15) is 23.9 Å². The molecular formula is C32H34F6O4. The minimum absolute atomic E-state index is 0.153. The lowest BCUT2D eigenvalue weighted by molar-refractivity contribution is -0.291. The summed E-state index contributed by atoms with van der Waals surface area (Å²) in [7, 11) is 1.49. The number of carbonyl (C=O) groups is 1. The average molecular weight is 597 g/mol. The molecule has 1 atom stereocenters. The van der Waals surface area contributed by atoms with Crippen LogP contribution in [0.15, 0.2) is 60.7 Å². The van der Waals surface area contributed by atoms with E-state index in [4.69, 9.17) is 9.47 Å². The van der Waals surface area contributed by atoms with Gasteiger partial charge in [0.05, 0.1) is 26.1 Å². The maximum Gasteiger partial charge on any atom is 0.453 e. The van der Waals surface area contributed by atoms with E-state index in [1.54, 1.807) is 24.3 Å². The van der Waals surface area contributed by atoms with Crippen molar-refractivity contribution in [2.24, 2.45) is 5.41 Å². The van der Waals surface area contributed by atoms with Crippen molar-refractivity contribution in [3.8, 4) is 22.6 Å². The van der Waals surface area contributed by atoms with Crippen molar-refractivity contribution < 1.29 is 45.3 Å². The molecule has 0 aromatic heterocycles. The Morgan fingerprint density at radius 2 is 1.57 bits per heavy atom. The van der Waals surface area contributed by atoms with Gasteiger partial charge in [-0.1, -0.05) is 51.1 Å². The number of esters is 1. The number of methoxy groups -OCH3 is 1. The molecule has 0 amide bonds. The lowest BCUT2D eigenvalue weighted by Gasteiger charge is -2.28. The molecule has 3 aromatic rings. The molecule has 3 rings (SSSR count). The molecule has 0 aliphatic heterocycles. The topological polar surface area (TPSA) is 44.8 Å². The first-order chi connectivity index (χ1) is 19.6. The first-order valence-corrected chi connectivity index (χ1v) is 13.3. The summed E-state index contributed by atoms with van der Waals surface area (Å²) in [5.41, 5.74) is 1.57. The monoisotopic (exact) mass is 596 g/mol. The largest absolute Gasteiger partial charge is 0.497 e. The van der Waals surface area contributed by atoms with E-state index in [1.807, 2.05) is 20.8 Å². The van der Waals surface area contributed by atoms with E-state index in [2.05, 4.69) is 4.74 Å². The summed E-state index contributed by atoms with van der Waals surface area (Å²) >= 11 is 0. The summed E-state index contributed by atoms with van der Waals surface area (Å²) in [4.78, 5) is 11.9. The lowest BCUT2D eigenvalue weighted by atomic mass is 9.84. The van der Waals surface area contributed by atoms with Gasteiger partial charge in [0.2, 0.25) is 0 Å². The predicted molar refractivity (Wildman–Crippen MR) is 147 cm³/mol. The molecule has 0 fully saturated rings. The zero-order valence-corrected chi connectivity index (χ0v) is 24.1. The molecule has 10 heteroatoms. The molecule has 0 aliphatic rings. The van der Waals surface area contributed by atoms with Crippen LogP contribution in [0, 0.1) is 11.2 Å². The quantitative estimate of drug-likeness (QED) is 0.164. The molecule has 0 radical (unpaired) electrons. The number of halogens is 6. The standard InChI is InChI=1S/C32H34F6O4/c1-6-41-29(39)17-27(31(34,35)32(36,37)38)21-9-7-8-20(14-21)19-42-24-10-12-25(22(15-24)18-30(2,3)4)26-16-23(40-5)11-13-28(26)33/h7-16,27H,6,17-19H2,1-5H3. The highest BCUT2D eigenvalue weighted by molar-refractivity contribution is 5.71. The van der Waals surface area contributed by atoms with Crippen LogP contribution in [0.25, 0.3) is 11.1 Å². The third-order valence-electron chi connectivity index (χ3n) is 6.51. The van der Waals surface area contributed by atoms with Gasteiger partial charge < -0.3 is 14.2 Å². The fourth-order valence-electron chi connectivity index (χ4n) is 4.58. The zero-order valence-electron chi connectivity index (χ0n) is 24.1. The Morgan fingerprint density at radius 1 is 0.881 bits per heavy atom. The van der Waals surface area contributed by atoms with Crippen LogP contribution < -0.4 is 9.47 Å². The van der Waals surface area contributed by atoms with Gasteiger partial charge in [-0.05, 0) is 71.3 Å². The van der Waals surface area contributed by atoms with Crippen molar-refractivity contribution in [1.29, 1.82) is 0 Å². The highest BCUT2D eigenvalue weighted by Gasteiger charge is 2.63. The second kappa shape index (κ2) is 13.1. The third-order valence-corrected chi connectivity index (χ3v) is 6.51. The fourth-order valence-corrected chi connectivity index (χ4v) is 4.58. The van der Waals surface area contributed by atoms with E-state index in [9.17, 15) is 31.1 Å². The maximum atomic E-state index is 14.8. The minimum Gasteiger partial charge on any atom is -0.497 e. The molecular weight excluding hydrogens is 562 g/mol. The van der Waals surface area contributed by atoms with Gasteiger partial charge in [0, 0.05) is 5.56 Å². The summed E-state index contributed by atoms with van der Waals surface area (Å²) in [5, 5.41) is 0. The van der Waals surface area contributed by atoms with Crippen LogP contribution in [0.2, 0.25) is 0 Å². The molecule has 0 saturated carbocycles. The zero-order chi connectivity index (χ0) is 31.3. The summed E-state index contributed by atoms with van der Waals surface area (Å²) in [6.07, 6.45) is -6.46. The Bertz CT molecular complexity index is 1380. The van der Waals surface area contributed by atoms with Gasteiger partial charge in [-0.25, -0.2) is 4.39 Å². The SMILES string of the molecule is CCOC(=O)CC(c1cccc(COc2ccc(-c3cc(OC)ccc3F)c(CC(C)(C)C)c2)c1)C(F)(F)C(F)(F)F. The number of alkyl halides is 5. The van der Waals surface area contributed by atoms with Crippen molar-refractivity contribution in [2.45, 2.75) is 65.2 Å². The van der Waals surface area contributed by atoms with Gasteiger partial charge >= 0.3 is 18.1 Å². The predicted octanol–water partition coefficient (Wildman–Crippen LogP) is 8.90. The Morgan fingerprint density at radius 3 is 2.19 bits per heavy atom. The molecule has 228 valence electrons. The van der Waals surface area contributed by atoms with Gasteiger partial charge in [0.15, 0.2) is 0 Å². The van der Waals surface area contributed by atoms with Crippen molar-refractivity contribution in [1.82, 2.24) is 0 Å². The Balaban J connectivity index is 1.92. The molecule has 0 heterocycles. The van der Waals surface area contributed by atoms with Gasteiger partial charge in [-0.15, -0.1) is 0 Å². The third kappa shape index (κ3) is 8.20. The molecule has 0 spiro atoms. The van der Waals surface area contributed by atoms with Crippen LogP contribution in [-0.2, 0) is 22.6 Å². The fraction of sp³-hybridized carbons (Fsp3) is 0.406. The second-order valence-electron chi connectivity index (χ2n) is 11.1. The summed E-state index contributed by atoms with van der Waals surface area (Å²) in [6.45, 7) is 7.21. The van der Waals surface area contributed by atoms with E-state index in [1.165, 1.54) is 44.4 Å². The number of benzene rings is 3. The molecule has 1 unspecified atom stereocenters. The second-order valence-corrected chi connectivity index (χ2v) is 11.1. The van der Waals surface area contributed by atoms with Crippen molar-refractivity contribution in [3.63, 3.8) is 0 Å². The first-order valence-electron chi connectivity index (χ1n) is 13.3. The molecule has 42 heavy (non-hydrogen) atoms. The van der Waals surface area contributed by atoms with Gasteiger partial charge in [-0.3, -0.25) is 4.79 Å². The number of hydrogen-bond acceptors (Lipinski definition) is 4. The van der Waals surface area contributed by atoms with Crippen molar-refractivity contribution in [3.05, 3.63) is 83.2 Å². The first kappa shape index (κ1) is 32.8. The maximum absolute atomic E-state index is 14.8. The molecule has 3 aromatic carbocycles. The number of hydrogen-bond donors (Lipinski definition) is 0. The molecule has 0 saturated heterocycles. The van der Waals surface area contributed by atoms with Gasteiger partial charge in [-0.2, -0.15) is 22.0 Å². The summed E-state index contributed by atoms with van der Waals surface area (Å²) < 4.78 is 99.5. The van der Waals surface area contributed by atoms with E-state index < -0.39 is 36.2 Å². The van der Waals surface area contributed by atoms with Crippen LogP contribution in [0.5, 0.6) is 11.5 Å². The minimum atomic E-state index is -5.87. The van der Waals surface area contributed by atoms with Crippen LogP contribution in [0.1, 0.15) is 56.7 Å². The van der Waals surface area contributed by atoms with Crippen LogP contribution in [0.4, 0.5) is 26.3 Å². The van der Waals surface area contributed by atoms with E-state index in [0.29, 0.717) is 34.6 Å². The molecule has 0 bridgehead atoms. The Hall–Kier alpha value is -3.69. The average Bonchev–Trinajstić information content (AvgIpc) is 2.90. The number of rotatable bonds is 11. The molecule has 0 aliphatic carbocycles. The smallest absolute Gasteiger partial charge is 0.453 e. The van der Waals surface area contributed by atoms with Gasteiger partial charge in [0.25, 0.3) is 0 Å². The number of ether oxygens (including phenoxy) is 3.